The third-order valence-electron chi connectivity index (χ3n) is 3.35. The molecule has 1 aromatic carbocycles. The molecule has 1 amide bonds. The summed E-state index contributed by atoms with van der Waals surface area (Å²) in [6, 6.07) is 2.34. The van der Waals surface area contributed by atoms with Crippen LogP contribution in [-0.2, 0) is 11.3 Å². The number of thiazole rings is 1. The van der Waals surface area contributed by atoms with E-state index in [0.717, 1.165) is 21.6 Å². The summed E-state index contributed by atoms with van der Waals surface area (Å²) < 4.78 is 13.8. The summed E-state index contributed by atoms with van der Waals surface area (Å²) in [5, 5.41) is 0.746. The van der Waals surface area contributed by atoms with Crippen LogP contribution in [0.4, 0.5) is 10.1 Å². The Morgan fingerprint density at radius 1 is 1.33 bits per heavy atom. The van der Waals surface area contributed by atoms with Crippen LogP contribution < -0.4 is 4.90 Å². The van der Waals surface area contributed by atoms with Gasteiger partial charge in [-0.15, -0.1) is 11.3 Å². The van der Waals surface area contributed by atoms with E-state index in [9.17, 15) is 14.0 Å². The van der Waals surface area contributed by atoms with Crippen LogP contribution in [-0.4, -0.2) is 16.7 Å². The summed E-state index contributed by atoms with van der Waals surface area (Å²) in [6.07, 6.45) is 0. The minimum absolute atomic E-state index is 0.0943. The molecule has 1 aromatic heterocycles. The second kappa shape index (κ2) is 4.99. The Morgan fingerprint density at radius 3 is 2.67 bits per heavy atom. The maximum absolute atomic E-state index is 13.4. The lowest BCUT2D eigenvalue weighted by Gasteiger charge is -2.16. The average Bonchev–Trinajstić information content (AvgIpc) is 2.83. The summed E-state index contributed by atoms with van der Waals surface area (Å²) in [5.41, 5.74) is 1.42. The number of carbonyl (C=O) groups excluding carboxylic acids is 2. The zero-order valence-corrected chi connectivity index (χ0v) is 13.6. The fraction of sp³-hybridized carbons (Fsp3) is 0.214. The van der Waals surface area contributed by atoms with Crippen molar-refractivity contribution in [2.24, 2.45) is 0 Å². The van der Waals surface area contributed by atoms with Gasteiger partial charge < -0.3 is 0 Å². The van der Waals surface area contributed by atoms with E-state index in [1.807, 2.05) is 13.8 Å². The molecule has 1 aliphatic rings. The molecule has 0 atom stereocenters. The normalized spacial score (nSPS) is 14.0. The Morgan fingerprint density at radius 2 is 2.05 bits per heavy atom. The number of hydrogen-bond acceptors (Lipinski definition) is 4. The predicted molar refractivity (Wildman–Crippen MR) is 81.2 cm³/mol. The van der Waals surface area contributed by atoms with Gasteiger partial charge in [0.25, 0.3) is 11.7 Å². The first-order valence-corrected chi connectivity index (χ1v) is 7.77. The smallest absolute Gasteiger partial charge is 0.297 e. The Hall–Kier alpha value is -1.60. The van der Waals surface area contributed by atoms with Crippen molar-refractivity contribution in [2.45, 2.75) is 20.4 Å². The second-order valence-corrected chi connectivity index (χ2v) is 6.90. The molecule has 1 aliphatic heterocycles. The number of Topliss-reactive ketones (excluding diaryl/α,β-unsaturated/α-hetero) is 1. The molecule has 0 unspecified atom stereocenters. The number of nitrogens with zero attached hydrogens (tertiary/aromatic N) is 2. The van der Waals surface area contributed by atoms with Crippen molar-refractivity contribution in [3.8, 4) is 0 Å². The van der Waals surface area contributed by atoms with Gasteiger partial charge in [-0.05, 0) is 41.9 Å². The van der Waals surface area contributed by atoms with Crippen molar-refractivity contribution in [1.29, 1.82) is 0 Å². The average molecular weight is 369 g/mol. The number of anilines is 1. The molecule has 3 rings (SSSR count). The lowest BCUT2D eigenvalue weighted by molar-refractivity contribution is -0.114. The first-order valence-electron chi connectivity index (χ1n) is 6.16. The number of ketones is 1. The molecule has 108 valence electrons. The summed E-state index contributed by atoms with van der Waals surface area (Å²) >= 11 is 4.71. The van der Waals surface area contributed by atoms with Crippen molar-refractivity contribution < 1.29 is 14.0 Å². The lowest BCUT2D eigenvalue weighted by atomic mass is 10.1. The van der Waals surface area contributed by atoms with Gasteiger partial charge in [-0.1, -0.05) is 0 Å². The number of aryl methyl sites for hydroxylation is 2. The SMILES string of the molecule is Cc1nc(CN2C(=O)C(=O)c3cc(F)cc(Br)c32)sc1C. The fourth-order valence-electron chi connectivity index (χ4n) is 2.25. The topological polar surface area (TPSA) is 50.3 Å². The largest absolute Gasteiger partial charge is 0.299 e. The monoisotopic (exact) mass is 368 g/mol. The van der Waals surface area contributed by atoms with Crippen molar-refractivity contribution in [3.05, 3.63) is 43.6 Å². The highest BCUT2D eigenvalue weighted by Crippen LogP contribution is 2.38. The zero-order valence-electron chi connectivity index (χ0n) is 11.2. The van der Waals surface area contributed by atoms with Gasteiger partial charge >= 0.3 is 0 Å². The van der Waals surface area contributed by atoms with E-state index in [0.29, 0.717) is 10.2 Å². The molecular weight excluding hydrogens is 359 g/mol. The Bertz CT molecular complexity index is 768. The van der Waals surface area contributed by atoms with Crippen LogP contribution in [0.15, 0.2) is 16.6 Å². The maximum atomic E-state index is 13.4. The van der Waals surface area contributed by atoms with Crippen LogP contribution in [0, 0.1) is 19.7 Å². The molecule has 0 aliphatic carbocycles. The molecule has 0 spiro atoms. The summed E-state index contributed by atoms with van der Waals surface area (Å²) in [6.45, 7) is 4.05. The Kier molecular flexibility index (Phi) is 3.41. The number of rotatable bonds is 2. The highest BCUT2D eigenvalue weighted by atomic mass is 79.9. The van der Waals surface area contributed by atoms with Gasteiger partial charge in [-0.25, -0.2) is 9.37 Å². The third-order valence-corrected chi connectivity index (χ3v) is 5.01. The van der Waals surface area contributed by atoms with E-state index in [1.54, 1.807) is 0 Å². The van der Waals surface area contributed by atoms with E-state index in [2.05, 4.69) is 20.9 Å². The second-order valence-electron chi connectivity index (χ2n) is 4.75. The summed E-state index contributed by atoms with van der Waals surface area (Å²) in [5.74, 6) is -1.89. The minimum Gasteiger partial charge on any atom is -0.297 e. The van der Waals surface area contributed by atoms with E-state index >= 15 is 0 Å². The zero-order chi connectivity index (χ0) is 15.3. The van der Waals surface area contributed by atoms with Crippen molar-refractivity contribution >= 4 is 44.6 Å². The van der Waals surface area contributed by atoms with Gasteiger partial charge in [0.15, 0.2) is 0 Å². The minimum atomic E-state index is -0.685. The van der Waals surface area contributed by atoms with E-state index in [-0.39, 0.29) is 12.1 Å². The molecule has 0 fully saturated rings. The van der Waals surface area contributed by atoms with Crippen LogP contribution in [0.3, 0.4) is 0 Å². The number of benzene rings is 1. The summed E-state index contributed by atoms with van der Waals surface area (Å²) in [7, 11) is 0. The van der Waals surface area contributed by atoms with Gasteiger partial charge in [0.2, 0.25) is 0 Å². The standard InChI is InChI=1S/C14H10BrFN2O2S/c1-6-7(2)21-11(17-6)5-18-12-9(13(19)14(18)20)3-8(16)4-10(12)15/h3-4H,5H2,1-2H3. The first-order chi connectivity index (χ1) is 9.88. The van der Waals surface area contributed by atoms with Gasteiger partial charge in [0, 0.05) is 9.35 Å². The molecule has 7 heteroatoms. The maximum Gasteiger partial charge on any atom is 0.299 e. The third kappa shape index (κ3) is 2.30. The molecule has 0 N–H and O–H groups in total. The van der Waals surface area contributed by atoms with Crippen molar-refractivity contribution in [3.63, 3.8) is 0 Å². The highest BCUT2D eigenvalue weighted by molar-refractivity contribution is 9.10. The van der Waals surface area contributed by atoms with E-state index in [1.165, 1.54) is 22.3 Å². The molecular formula is C14H10BrFN2O2S. The van der Waals surface area contributed by atoms with Crippen LogP contribution in [0.2, 0.25) is 0 Å². The van der Waals surface area contributed by atoms with Gasteiger partial charge in [0.1, 0.15) is 10.8 Å². The number of amides is 1. The number of hydrogen-bond donors (Lipinski definition) is 0. The highest BCUT2D eigenvalue weighted by Gasteiger charge is 2.38. The van der Waals surface area contributed by atoms with Crippen LogP contribution in [0.25, 0.3) is 0 Å². The lowest BCUT2D eigenvalue weighted by Crippen LogP contribution is -2.29. The van der Waals surface area contributed by atoms with Crippen LogP contribution >= 0.6 is 27.3 Å². The molecule has 0 bridgehead atoms. The number of fused-ring (bicyclic) bond motifs is 1. The number of halogens is 2. The molecule has 2 heterocycles. The molecule has 0 saturated heterocycles. The molecule has 2 aromatic rings. The van der Waals surface area contributed by atoms with Crippen LogP contribution in [0.1, 0.15) is 25.9 Å². The van der Waals surface area contributed by atoms with Gasteiger partial charge in [-0.2, -0.15) is 0 Å². The summed E-state index contributed by atoms with van der Waals surface area (Å²) in [4.78, 5) is 30.9. The molecule has 4 nitrogen and oxygen atoms in total. The number of carbonyl (C=O) groups is 2. The van der Waals surface area contributed by atoms with E-state index in [4.69, 9.17) is 0 Å². The Balaban J connectivity index is 2.05. The Labute approximate surface area is 132 Å². The van der Waals surface area contributed by atoms with Crippen LogP contribution in [0.5, 0.6) is 0 Å². The van der Waals surface area contributed by atoms with Crippen molar-refractivity contribution in [1.82, 2.24) is 4.98 Å². The molecule has 0 saturated carbocycles. The fourth-order valence-corrected chi connectivity index (χ4v) is 3.81. The predicted octanol–water partition coefficient (Wildman–Crippen LogP) is 3.39. The molecule has 21 heavy (non-hydrogen) atoms. The quantitative estimate of drug-likeness (QED) is 0.763. The van der Waals surface area contributed by atoms with Gasteiger partial charge in [0.05, 0.1) is 23.5 Å². The van der Waals surface area contributed by atoms with Crippen molar-refractivity contribution in [2.75, 3.05) is 4.90 Å². The van der Waals surface area contributed by atoms with Gasteiger partial charge in [-0.3, -0.25) is 14.5 Å². The molecule has 0 radical (unpaired) electrons. The number of aromatic nitrogens is 1. The van der Waals surface area contributed by atoms with E-state index < -0.39 is 17.5 Å². The first kappa shape index (κ1) is 14.3.